The summed E-state index contributed by atoms with van der Waals surface area (Å²) in [6.45, 7) is 0. The molecule has 0 fully saturated rings. The van der Waals surface area contributed by atoms with Crippen LogP contribution in [-0.4, -0.2) is 15.0 Å². The zero-order chi connectivity index (χ0) is 17.9. The fraction of sp³-hybridized carbons (Fsp3) is 0. The minimum atomic E-state index is 0.552. The zero-order valence-corrected chi connectivity index (χ0v) is 15.4. The first-order valence-corrected chi connectivity index (χ1v) is 8.93. The van der Waals surface area contributed by atoms with E-state index in [9.17, 15) is 0 Å². The lowest BCUT2D eigenvalue weighted by atomic mass is 10.1. The van der Waals surface area contributed by atoms with Gasteiger partial charge < -0.3 is 5.73 Å². The Bertz CT molecular complexity index is 992. The first-order chi connectivity index (χ1) is 12.7. The summed E-state index contributed by atoms with van der Waals surface area (Å²) in [6, 6.07) is 25.5. The average molecular weight is 403 g/mol. The molecule has 4 rings (SSSR count). The topological polar surface area (TPSA) is 64.7 Å². The molecule has 0 aliphatic rings. The molecule has 5 heteroatoms. The highest BCUT2D eigenvalue weighted by Gasteiger charge is 2.14. The number of halogens is 1. The lowest BCUT2D eigenvalue weighted by Gasteiger charge is -2.10. The molecule has 0 unspecified atom stereocenters. The monoisotopic (exact) mass is 402 g/mol. The Morgan fingerprint density at radius 3 is 1.62 bits per heavy atom. The minimum Gasteiger partial charge on any atom is -0.397 e. The van der Waals surface area contributed by atoms with Crippen LogP contribution in [0.5, 0.6) is 0 Å². The fourth-order valence-corrected chi connectivity index (χ4v) is 3.03. The Balaban J connectivity index is 1.95. The van der Waals surface area contributed by atoms with Crippen LogP contribution >= 0.6 is 15.9 Å². The summed E-state index contributed by atoms with van der Waals surface area (Å²) in [5, 5.41) is 0. The van der Waals surface area contributed by atoms with Gasteiger partial charge in [-0.1, -0.05) is 66.7 Å². The molecule has 0 atom stereocenters. The predicted molar refractivity (Wildman–Crippen MR) is 108 cm³/mol. The molecule has 0 amide bonds. The zero-order valence-electron chi connectivity index (χ0n) is 13.8. The van der Waals surface area contributed by atoms with Gasteiger partial charge in [-0.3, -0.25) is 0 Å². The van der Waals surface area contributed by atoms with Crippen LogP contribution in [0.1, 0.15) is 0 Å². The van der Waals surface area contributed by atoms with Crippen LogP contribution in [0.3, 0.4) is 0 Å². The van der Waals surface area contributed by atoms with Gasteiger partial charge >= 0.3 is 0 Å². The number of nitrogens with two attached hydrogens (primary N) is 1. The van der Waals surface area contributed by atoms with E-state index < -0.39 is 0 Å². The van der Waals surface area contributed by atoms with Gasteiger partial charge in [0.15, 0.2) is 17.5 Å². The average Bonchev–Trinajstić information content (AvgIpc) is 2.71. The van der Waals surface area contributed by atoms with E-state index in [0.29, 0.717) is 23.2 Å². The molecule has 26 heavy (non-hydrogen) atoms. The molecule has 1 aromatic heterocycles. The summed E-state index contributed by atoms with van der Waals surface area (Å²) in [4.78, 5) is 14.0. The molecule has 0 aliphatic carbocycles. The molecular formula is C21H15BrN4. The molecule has 126 valence electrons. The molecule has 2 N–H and O–H groups in total. The van der Waals surface area contributed by atoms with E-state index in [0.717, 1.165) is 21.2 Å². The normalized spacial score (nSPS) is 10.7. The van der Waals surface area contributed by atoms with Crippen molar-refractivity contribution in [2.75, 3.05) is 5.73 Å². The lowest BCUT2D eigenvalue weighted by molar-refractivity contribution is 1.07. The third-order valence-corrected chi connectivity index (χ3v) is 4.68. The summed E-state index contributed by atoms with van der Waals surface area (Å²) < 4.78 is 0.818. The van der Waals surface area contributed by atoms with E-state index in [2.05, 4.69) is 30.9 Å². The van der Waals surface area contributed by atoms with E-state index >= 15 is 0 Å². The van der Waals surface area contributed by atoms with Gasteiger partial charge in [0.05, 0.1) is 5.69 Å². The summed E-state index contributed by atoms with van der Waals surface area (Å²) in [5.74, 6) is 1.79. The molecule has 0 saturated heterocycles. The maximum absolute atomic E-state index is 6.24. The Morgan fingerprint density at radius 1 is 0.577 bits per heavy atom. The largest absolute Gasteiger partial charge is 0.397 e. The SMILES string of the molecule is Nc1c(Br)cccc1-c1nc(-c2ccccc2)nc(-c2ccccc2)n1. The van der Waals surface area contributed by atoms with Gasteiger partial charge in [0, 0.05) is 21.2 Å². The summed E-state index contributed by atoms with van der Waals surface area (Å²) in [5.41, 5.74) is 9.49. The van der Waals surface area contributed by atoms with Crippen LogP contribution in [-0.2, 0) is 0 Å². The van der Waals surface area contributed by atoms with Crippen molar-refractivity contribution in [2.45, 2.75) is 0 Å². The van der Waals surface area contributed by atoms with Crippen molar-refractivity contribution in [3.63, 3.8) is 0 Å². The fourth-order valence-electron chi connectivity index (χ4n) is 2.66. The molecule has 1 heterocycles. The highest BCUT2D eigenvalue weighted by molar-refractivity contribution is 9.10. The van der Waals surface area contributed by atoms with E-state index in [-0.39, 0.29) is 0 Å². The number of hydrogen-bond donors (Lipinski definition) is 1. The first-order valence-electron chi connectivity index (χ1n) is 8.13. The lowest BCUT2D eigenvalue weighted by Crippen LogP contribution is -2.02. The molecule has 0 spiro atoms. The Morgan fingerprint density at radius 2 is 1.08 bits per heavy atom. The highest BCUT2D eigenvalue weighted by atomic mass is 79.9. The predicted octanol–water partition coefficient (Wildman–Crippen LogP) is 5.22. The van der Waals surface area contributed by atoms with E-state index in [1.807, 2.05) is 78.9 Å². The van der Waals surface area contributed by atoms with Crippen LogP contribution in [0.2, 0.25) is 0 Å². The number of nitrogens with zero attached hydrogens (tertiary/aromatic N) is 3. The second-order valence-electron chi connectivity index (χ2n) is 5.74. The van der Waals surface area contributed by atoms with Gasteiger partial charge in [0.1, 0.15) is 0 Å². The van der Waals surface area contributed by atoms with Gasteiger partial charge in [-0.15, -0.1) is 0 Å². The van der Waals surface area contributed by atoms with Gasteiger partial charge in [0.25, 0.3) is 0 Å². The second kappa shape index (κ2) is 7.06. The standard InChI is InChI=1S/C21H15BrN4/c22-17-13-7-12-16(18(17)23)21-25-19(14-8-3-1-4-9-14)24-20(26-21)15-10-5-2-6-11-15/h1-13H,23H2. The third-order valence-electron chi connectivity index (χ3n) is 3.99. The van der Waals surface area contributed by atoms with E-state index in [1.165, 1.54) is 0 Å². The third kappa shape index (κ3) is 3.21. The minimum absolute atomic E-state index is 0.552. The maximum Gasteiger partial charge on any atom is 0.166 e. The molecule has 0 saturated carbocycles. The van der Waals surface area contributed by atoms with Gasteiger partial charge in [-0.2, -0.15) is 0 Å². The van der Waals surface area contributed by atoms with E-state index in [1.54, 1.807) is 0 Å². The van der Waals surface area contributed by atoms with Crippen LogP contribution < -0.4 is 5.73 Å². The Kier molecular flexibility index (Phi) is 4.46. The van der Waals surface area contributed by atoms with Crippen molar-refractivity contribution in [1.29, 1.82) is 0 Å². The highest BCUT2D eigenvalue weighted by Crippen LogP contribution is 2.31. The number of hydrogen-bond acceptors (Lipinski definition) is 4. The number of rotatable bonds is 3. The summed E-state index contributed by atoms with van der Waals surface area (Å²) in [7, 11) is 0. The van der Waals surface area contributed by atoms with Gasteiger partial charge in [-0.05, 0) is 28.1 Å². The van der Waals surface area contributed by atoms with Crippen molar-refractivity contribution in [1.82, 2.24) is 15.0 Å². The summed E-state index contributed by atoms with van der Waals surface area (Å²) >= 11 is 3.47. The number of nitrogen functional groups attached to an aromatic ring is 1. The van der Waals surface area contributed by atoms with Crippen LogP contribution in [0.15, 0.2) is 83.3 Å². The quantitative estimate of drug-likeness (QED) is 0.477. The molecule has 0 aliphatic heterocycles. The van der Waals surface area contributed by atoms with E-state index in [4.69, 9.17) is 5.73 Å². The van der Waals surface area contributed by atoms with Crippen molar-refractivity contribution >= 4 is 21.6 Å². The number of anilines is 1. The molecule has 3 aromatic carbocycles. The number of aromatic nitrogens is 3. The smallest absolute Gasteiger partial charge is 0.166 e. The van der Waals surface area contributed by atoms with Crippen LogP contribution in [0, 0.1) is 0 Å². The maximum atomic E-state index is 6.24. The first kappa shape index (κ1) is 16.4. The molecule has 4 aromatic rings. The molecule has 0 radical (unpaired) electrons. The summed E-state index contributed by atoms with van der Waals surface area (Å²) in [6.07, 6.45) is 0. The Hall–Kier alpha value is -3.05. The van der Waals surface area contributed by atoms with Crippen LogP contribution in [0.4, 0.5) is 5.69 Å². The number of para-hydroxylation sites is 1. The number of benzene rings is 3. The molecule has 0 bridgehead atoms. The van der Waals surface area contributed by atoms with Crippen molar-refractivity contribution in [3.8, 4) is 34.2 Å². The van der Waals surface area contributed by atoms with Gasteiger partial charge in [-0.25, -0.2) is 15.0 Å². The van der Waals surface area contributed by atoms with Crippen molar-refractivity contribution in [2.24, 2.45) is 0 Å². The van der Waals surface area contributed by atoms with Crippen molar-refractivity contribution < 1.29 is 0 Å². The molecular weight excluding hydrogens is 388 g/mol. The second-order valence-corrected chi connectivity index (χ2v) is 6.59. The van der Waals surface area contributed by atoms with Crippen molar-refractivity contribution in [3.05, 3.63) is 83.3 Å². The van der Waals surface area contributed by atoms with Crippen LogP contribution in [0.25, 0.3) is 34.2 Å². The Labute approximate surface area is 159 Å². The van der Waals surface area contributed by atoms with Gasteiger partial charge in [0.2, 0.25) is 0 Å². The molecule has 4 nitrogen and oxygen atoms in total.